The van der Waals surface area contributed by atoms with Crippen LogP contribution in [0, 0.1) is 11.7 Å². The lowest BCUT2D eigenvalue weighted by atomic mass is 10.0. The maximum Gasteiger partial charge on any atom is 0.244 e. The van der Waals surface area contributed by atoms with E-state index in [4.69, 9.17) is 5.73 Å². The lowest BCUT2D eigenvalue weighted by molar-refractivity contribution is -0.136. The predicted molar refractivity (Wildman–Crippen MR) is 166 cm³/mol. The summed E-state index contributed by atoms with van der Waals surface area (Å²) in [5.41, 5.74) is 9.80. The fraction of sp³-hybridized carbons (Fsp3) is 0.176. The fourth-order valence-electron chi connectivity index (χ4n) is 5.13. The highest BCUT2D eigenvalue weighted by atomic mass is 19.1. The van der Waals surface area contributed by atoms with Gasteiger partial charge in [0.05, 0.1) is 17.9 Å². The predicted octanol–water partition coefficient (Wildman–Crippen LogP) is 4.78. The van der Waals surface area contributed by atoms with E-state index >= 15 is 0 Å². The molecule has 4 aromatic carbocycles. The van der Waals surface area contributed by atoms with Crippen molar-refractivity contribution in [3.8, 4) is 0 Å². The average Bonchev–Trinajstić information content (AvgIpc) is 3.10. The van der Waals surface area contributed by atoms with E-state index in [0.29, 0.717) is 29.3 Å². The molecule has 224 valence electrons. The Hall–Kier alpha value is -5.35. The number of nitrogens with zero attached hydrogens (tertiary/aromatic N) is 2. The first-order valence-electron chi connectivity index (χ1n) is 14.1. The second-order valence-electron chi connectivity index (χ2n) is 10.5. The van der Waals surface area contributed by atoms with Crippen molar-refractivity contribution < 1.29 is 23.6 Å². The first kappa shape index (κ1) is 30.1. The molecule has 0 aliphatic carbocycles. The van der Waals surface area contributed by atoms with Crippen molar-refractivity contribution in [2.45, 2.75) is 33.0 Å². The average molecular weight is 594 g/mol. The molecule has 1 aliphatic rings. The van der Waals surface area contributed by atoms with Crippen LogP contribution in [-0.4, -0.2) is 23.6 Å². The normalized spacial score (nSPS) is 14.6. The summed E-state index contributed by atoms with van der Waals surface area (Å²) in [6.07, 6.45) is -0.435. The van der Waals surface area contributed by atoms with Gasteiger partial charge >= 0.3 is 0 Å². The molecule has 4 aromatic rings. The van der Waals surface area contributed by atoms with Gasteiger partial charge in [-0.25, -0.2) is 4.39 Å². The summed E-state index contributed by atoms with van der Waals surface area (Å²) in [7, 11) is 0. The molecule has 0 aromatic heterocycles. The number of para-hydroxylation sites is 2. The van der Waals surface area contributed by atoms with E-state index in [-0.39, 0.29) is 24.6 Å². The van der Waals surface area contributed by atoms with Crippen LogP contribution >= 0.6 is 0 Å². The maximum absolute atomic E-state index is 14.3. The van der Waals surface area contributed by atoms with Crippen LogP contribution in [0.25, 0.3) is 0 Å². The van der Waals surface area contributed by atoms with Crippen molar-refractivity contribution in [2.75, 3.05) is 15.1 Å². The zero-order valence-corrected chi connectivity index (χ0v) is 24.1. The number of amides is 4. The van der Waals surface area contributed by atoms with Gasteiger partial charge in [-0.05, 0) is 53.6 Å². The number of nitrogens with one attached hydrogen (secondary N) is 2. The summed E-state index contributed by atoms with van der Waals surface area (Å²) in [5, 5.41) is 5.37. The Kier molecular flexibility index (Phi) is 9.11. The molecule has 9 nitrogen and oxygen atoms in total. The van der Waals surface area contributed by atoms with Gasteiger partial charge in [-0.2, -0.15) is 0 Å². The number of rotatable bonds is 9. The quantitative estimate of drug-likeness (QED) is 0.241. The van der Waals surface area contributed by atoms with Crippen LogP contribution in [-0.2, 0) is 38.8 Å². The molecular formula is C34H32FN5O4. The Labute approximate surface area is 254 Å². The number of hydrogen-bond acceptors (Lipinski definition) is 5. The third-order valence-corrected chi connectivity index (χ3v) is 7.36. The van der Waals surface area contributed by atoms with Gasteiger partial charge in [-0.3, -0.25) is 24.1 Å². The van der Waals surface area contributed by atoms with Gasteiger partial charge in [0.2, 0.25) is 23.6 Å². The zero-order valence-electron chi connectivity index (χ0n) is 24.1. The van der Waals surface area contributed by atoms with Gasteiger partial charge in [-0.1, -0.05) is 54.6 Å². The van der Waals surface area contributed by atoms with Gasteiger partial charge in [0.15, 0.2) is 0 Å². The van der Waals surface area contributed by atoms with Crippen LogP contribution in [0.5, 0.6) is 0 Å². The SMILES string of the molecule is CC(=O)Nc1ccc(CN2C(=O)C(CC(=O)NCc3ccccc3F)C(=O)N(c3ccc(CN)cc3)c3ccccc32)cc1. The third-order valence-electron chi connectivity index (χ3n) is 7.36. The van der Waals surface area contributed by atoms with Crippen molar-refractivity contribution in [1.82, 2.24) is 5.32 Å². The highest BCUT2D eigenvalue weighted by Gasteiger charge is 2.42. The van der Waals surface area contributed by atoms with Crippen molar-refractivity contribution in [2.24, 2.45) is 11.7 Å². The fourth-order valence-corrected chi connectivity index (χ4v) is 5.13. The van der Waals surface area contributed by atoms with Gasteiger partial charge in [0, 0.05) is 43.4 Å². The van der Waals surface area contributed by atoms with E-state index in [1.54, 1.807) is 78.9 Å². The Morgan fingerprint density at radius 1 is 0.818 bits per heavy atom. The van der Waals surface area contributed by atoms with Gasteiger partial charge in [-0.15, -0.1) is 0 Å². The molecule has 0 saturated heterocycles. The number of nitrogens with two attached hydrogens (primary N) is 1. The van der Waals surface area contributed by atoms with Gasteiger partial charge < -0.3 is 21.3 Å². The molecule has 0 saturated carbocycles. The standard InChI is InChI=1S/C34H32FN5O4/c1-22(41)38-26-14-10-24(11-15-26)21-39-30-8-4-5-9-31(30)40(27-16-12-23(19-36)13-17-27)34(44)28(33(39)43)18-32(42)37-20-25-6-2-3-7-29(25)35/h2-17,28H,18-21,36H2,1H3,(H,37,42)(H,38,41). The Morgan fingerprint density at radius 3 is 2.11 bits per heavy atom. The van der Waals surface area contributed by atoms with E-state index in [0.717, 1.165) is 11.1 Å². The number of carbonyl (C=O) groups is 4. The topological polar surface area (TPSA) is 125 Å². The van der Waals surface area contributed by atoms with Crippen molar-refractivity contribution >= 4 is 46.4 Å². The molecular weight excluding hydrogens is 561 g/mol. The molecule has 1 atom stereocenters. The summed E-state index contributed by atoms with van der Waals surface area (Å²) in [6, 6.07) is 27.3. The van der Waals surface area contributed by atoms with Crippen LogP contribution in [0.2, 0.25) is 0 Å². The highest BCUT2D eigenvalue weighted by Crippen LogP contribution is 2.40. The number of carbonyl (C=O) groups excluding carboxylic acids is 4. The molecule has 1 unspecified atom stereocenters. The number of halogens is 1. The van der Waals surface area contributed by atoms with Crippen molar-refractivity contribution in [3.05, 3.63) is 120 Å². The first-order valence-corrected chi connectivity index (χ1v) is 14.1. The smallest absolute Gasteiger partial charge is 0.244 e. The minimum Gasteiger partial charge on any atom is -0.352 e. The van der Waals surface area contributed by atoms with Crippen LogP contribution < -0.4 is 26.2 Å². The molecule has 0 radical (unpaired) electrons. The second kappa shape index (κ2) is 13.3. The summed E-state index contributed by atoms with van der Waals surface area (Å²) >= 11 is 0. The highest BCUT2D eigenvalue weighted by molar-refractivity contribution is 6.21. The molecule has 4 amide bonds. The number of hydrogen-bond donors (Lipinski definition) is 3. The van der Waals surface area contributed by atoms with E-state index < -0.39 is 35.9 Å². The molecule has 44 heavy (non-hydrogen) atoms. The minimum absolute atomic E-state index is 0.0878. The Bertz CT molecular complexity index is 1690. The maximum atomic E-state index is 14.3. The molecule has 4 N–H and O–H groups in total. The Morgan fingerprint density at radius 2 is 1.45 bits per heavy atom. The van der Waals surface area contributed by atoms with Gasteiger partial charge in [0.1, 0.15) is 11.7 Å². The minimum atomic E-state index is -1.36. The number of fused-ring (bicyclic) bond motifs is 1. The van der Waals surface area contributed by atoms with Crippen LogP contribution in [0.1, 0.15) is 30.0 Å². The molecule has 5 rings (SSSR count). The number of anilines is 4. The van der Waals surface area contributed by atoms with Crippen molar-refractivity contribution in [3.63, 3.8) is 0 Å². The molecule has 0 spiro atoms. The summed E-state index contributed by atoms with van der Waals surface area (Å²) < 4.78 is 14.2. The summed E-state index contributed by atoms with van der Waals surface area (Å²) in [4.78, 5) is 56.1. The van der Waals surface area contributed by atoms with E-state index in [1.807, 2.05) is 12.1 Å². The largest absolute Gasteiger partial charge is 0.352 e. The molecule has 10 heteroatoms. The monoisotopic (exact) mass is 593 g/mol. The first-order chi connectivity index (χ1) is 21.2. The lowest BCUT2D eigenvalue weighted by Gasteiger charge is -2.26. The zero-order chi connectivity index (χ0) is 31.2. The van der Waals surface area contributed by atoms with Crippen LogP contribution in [0.4, 0.5) is 27.1 Å². The molecule has 1 heterocycles. The molecule has 1 aliphatic heterocycles. The molecule has 0 fully saturated rings. The van der Waals surface area contributed by atoms with Crippen LogP contribution in [0.3, 0.4) is 0 Å². The second-order valence-corrected chi connectivity index (χ2v) is 10.5. The van der Waals surface area contributed by atoms with E-state index in [2.05, 4.69) is 10.6 Å². The summed E-state index contributed by atoms with van der Waals surface area (Å²) in [6.45, 7) is 1.76. The number of benzene rings is 4. The van der Waals surface area contributed by atoms with Gasteiger partial charge in [0.25, 0.3) is 0 Å². The Balaban J connectivity index is 1.51. The lowest BCUT2D eigenvalue weighted by Crippen LogP contribution is -2.43. The third kappa shape index (κ3) is 6.66. The van der Waals surface area contributed by atoms with E-state index in [1.165, 1.54) is 22.8 Å². The molecule has 0 bridgehead atoms. The van der Waals surface area contributed by atoms with E-state index in [9.17, 15) is 23.6 Å². The van der Waals surface area contributed by atoms with Crippen LogP contribution in [0.15, 0.2) is 97.1 Å². The summed E-state index contributed by atoms with van der Waals surface area (Å²) in [5.74, 6) is -3.71. The van der Waals surface area contributed by atoms with Crippen molar-refractivity contribution in [1.29, 1.82) is 0 Å².